The van der Waals surface area contributed by atoms with Crippen LogP contribution in [-0.2, 0) is 0 Å². The van der Waals surface area contributed by atoms with Crippen LogP contribution in [0.2, 0.25) is 0 Å². The SMILES string of the molecule is CSCCSc1cccc(N)c1. The fourth-order valence-electron chi connectivity index (χ4n) is 0.847. The molecule has 0 aliphatic heterocycles. The first kappa shape index (κ1) is 9.81. The summed E-state index contributed by atoms with van der Waals surface area (Å²) in [4.78, 5) is 1.27. The van der Waals surface area contributed by atoms with Crippen LogP contribution < -0.4 is 5.73 Å². The lowest BCUT2D eigenvalue weighted by Crippen LogP contribution is -1.85. The molecule has 1 rings (SSSR count). The van der Waals surface area contributed by atoms with E-state index in [1.165, 1.54) is 10.6 Å². The summed E-state index contributed by atoms with van der Waals surface area (Å²) >= 11 is 3.73. The molecule has 0 unspecified atom stereocenters. The van der Waals surface area contributed by atoms with Gasteiger partial charge in [0.2, 0.25) is 0 Å². The van der Waals surface area contributed by atoms with Gasteiger partial charge in [0.15, 0.2) is 0 Å². The minimum atomic E-state index is 0.851. The van der Waals surface area contributed by atoms with Crippen LogP contribution in [0.4, 0.5) is 5.69 Å². The topological polar surface area (TPSA) is 26.0 Å². The quantitative estimate of drug-likeness (QED) is 0.459. The molecule has 0 saturated heterocycles. The summed E-state index contributed by atoms with van der Waals surface area (Å²) in [6.45, 7) is 0. The molecule has 66 valence electrons. The van der Waals surface area contributed by atoms with E-state index in [-0.39, 0.29) is 0 Å². The summed E-state index contributed by atoms with van der Waals surface area (Å²) in [5, 5.41) is 0. The number of rotatable bonds is 4. The normalized spacial score (nSPS) is 10.1. The molecule has 0 radical (unpaired) electrons. The van der Waals surface area contributed by atoms with Crippen LogP contribution in [0.15, 0.2) is 29.2 Å². The van der Waals surface area contributed by atoms with Crippen molar-refractivity contribution in [3.63, 3.8) is 0 Å². The highest BCUT2D eigenvalue weighted by Gasteiger charge is 1.93. The van der Waals surface area contributed by atoms with Crippen LogP contribution in [0.1, 0.15) is 0 Å². The lowest BCUT2D eigenvalue weighted by Gasteiger charge is -2.00. The van der Waals surface area contributed by atoms with E-state index in [0.717, 1.165) is 11.4 Å². The van der Waals surface area contributed by atoms with Gasteiger partial charge in [0.25, 0.3) is 0 Å². The number of nitrogens with two attached hydrogens (primary N) is 1. The molecule has 0 amide bonds. The molecule has 0 aromatic heterocycles. The molecule has 0 aliphatic rings. The molecule has 0 atom stereocenters. The van der Waals surface area contributed by atoms with Crippen molar-refractivity contribution >= 4 is 29.2 Å². The largest absolute Gasteiger partial charge is 0.399 e. The van der Waals surface area contributed by atoms with Crippen molar-refractivity contribution in [1.29, 1.82) is 0 Å². The van der Waals surface area contributed by atoms with E-state index in [2.05, 4.69) is 12.3 Å². The third kappa shape index (κ3) is 3.41. The number of hydrogen-bond donors (Lipinski definition) is 1. The van der Waals surface area contributed by atoms with E-state index in [9.17, 15) is 0 Å². The Bertz CT molecular complexity index is 238. The number of hydrogen-bond acceptors (Lipinski definition) is 3. The highest BCUT2D eigenvalue weighted by Crippen LogP contribution is 2.20. The Morgan fingerprint density at radius 2 is 2.17 bits per heavy atom. The van der Waals surface area contributed by atoms with E-state index in [4.69, 9.17) is 5.73 Å². The highest BCUT2D eigenvalue weighted by atomic mass is 32.2. The van der Waals surface area contributed by atoms with Gasteiger partial charge in [0, 0.05) is 22.1 Å². The third-order valence-corrected chi connectivity index (χ3v) is 3.28. The summed E-state index contributed by atoms with van der Waals surface area (Å²) in [6.07, 6.45) is 2.12. The summed E-state index contributed by atoms with van der Waals surface area (Å²) in [6, 6.07) is 8.03. The molecule has 0 saturated carbocycles. The maximum atomic E-state index is 5.64. The van der Waals surface area contributed by atoms with Gasteiger partial charge in [-0.05, 0) is 24.5 Å². The molecule has 0 spiro atoms. The van der Waals surface area contributed by atoms with Crippen molar-refractivity contribution in [3.8, 4) is 0 Å². The molecule has 12 heavy (non-hydrogen) atoms. The molecule has 1 aromatic carbocycles. The Hall–Kier alpha value is -0.280. The molecule has 0 bridgehead atoms. The number of anilines is 1. The number of thioether (sulfide) groups is 2. The second-order valence-electron chi connectivity index (χ2n) is 2.41. The Labute approximate surface area is 82.1 Å². The van der Waals surface area contributed by atoms with Gasteiger partial charge in [-0.25, -0.2) is 0 Å². The van der Waals surface area contributed by atoms with Crippen molar-refractivity contribution in [2.75, 3.05) is 23.5 Å². The summed E-state index contributed by atoms with van der Waals surface area (Å²) < 4.78 is 0. The smallest absolute Gasteiger partial charge is 0.0325 e. The lowest BCUT2D eigenvalue weighted by atomic mass is 10.3. The van der Waals surface area contributed by atoms with Crippen molar-refractivity contribution < 1.29 is 0 Å². The van der Waals surface area contributed by atoms with Gasteiger partial charge in [-0.15, -0.1) is 11.8 Å². The van der Waals surface area contributed by atoms with Crippen LogP contribution in [0.25, 0.3) is 0 Å². The second kappa shape index (κ2) is 5.38. The van der Waals surface area contributed by atoms with Crippen LogP contribution in [0, 0.1) is 0 Å². The fourth-order valence-corrected chi connectivity index (χ4v) is 2.48. The second-order valence-corrected chi connectivity index (χ2v) is 4.57. The molecule has 1 nitrogen and oxygen atoms in total. The van der Waals surface area contributed by atoms with E-state index in [1.54, 1.807) is 0 Å². The molecular formula is C9H13NS2. The zero-order chi connectivity index (χ0) is 8.81. The third-order valence-electron chi connectivity index (χ3n) is 1.41. The average molecular weight is 199 g/mol. The van der Waals surface area contributed by atoms with Gasteiger partial charge in [0.1, 0.15) is 0 Å². The predicted octanol–water partition coefficient (Wildman–Crippen LogP) is 2.72. The molecule has 2 N–H and O–H groups in total. The van der Waals surface area contributed by atoms with E-state index < -0.39 is 0 Å². The minimum Gasteiger partial charge on any atom is -0.399 e. The van der Waals surface area contributed by atoms with Crippen LogP contribution >= 0.6 is 23.5 Å². The summed E-state index contributed by atoms with van der Waals surface area (Å²) in [7, 11) is 0. The van der Waals surface area contributed by atoms with E-state index in [1.807, 2.05) is 41.7 Å². The Morgan fingerprint density at radius 1 is 1.33 bits per heavy atom. The first-order valence-electron chi connectivity index (χ1n) is 3.80. The molecule has 0 heterocycles. The number of benzene rings is 1. The summed E-state index contributed by atoms with van der Waals surface area (Å²) in [5.74, 6) is 2.35. The first-order chi connectivity index (χ1) is 5.83. The van der Waals surface area contributed by atoms with Crippen molar-refractivity contribution in [3.05, 3.63) is 24.3 Å². The zero-order valence-corrected chi connectivity index (χ0v) is 8.75. The molecule has 1 aromatic rings. The molecule has 3 heteroatoms. The maximum Gasteiger partial charge on any atom is 0.0325 e. The number of nitrogen functional groups attached to an aromatic ring is 1. The Morgan fingerprint density at radius 3 is 2.83 bits per heavy atom. The predicted molar refractivity (Wildman–Crippen MR) is 60.0 cm³/mol. The average Bonchev–Trinajstić information content (AvgIpc) is 2.05. The van der Waals surface area contributed by atoms with Gasteiger partial charge in [-0.3, -0.25) is 0 Å². The van der Waals surface area contributed by atoms with Crippen molar-refractivity contribution in [2.45, 2.75) is 4.90 Å². The first-order valence-corrected chi connectivity index (χ1v) is 6.18. The van der Waals surface area contributed by atoms with Crippen LogP contribution in [-0.4, -0.2) is 17.8 Å². The summed E-state index contributed by atoms with van der Waals surface area (Å²) in [5.41, 5.74) is 6.50. The van der Waals surface area contributed by atoms with Gasteiger partial charge in [-0.2, -0.15) is 11.8 Å². The molecule has 0 aliphatic carbocycles. The van der Waals surface area contributed by atoms with E-state index >= 15 is 0 Å². The standard InChI is InChI=1S/C9H13NS2/c1-11-5-6-12-9-4-2-3-8(10)7-9/h2-4,7H,5-6,10H2,1H3. The monoisotopic (exact) mass is 199 g/mol. The molecule has 0 fully saturated rings. The fraction of sp³-hybridized carbons (Fsp3) is 0.333. The van der Waals surface area contributed by atoms with E-state index in [0.29, 0.717) is 0 Å². The zero-order valence-electron chi connectivity index (χ0n) is 7.12. The van der Waals surface area contributed by atoms with Crippen LogP contribution in [0.5, 0.6) is 0 Å². The Kier molecular flexibility index (Phi) is 4.40. The van der Waals surface area contributed by atoms with Gasteiger partial charge >= 0.3 is 0 Å². The van der Waals surface area contributed by atoms with Gasteiger partial charge in [-0.1, -0.05) is 6.07 Å². The van der Waals surface area contributed by atoms with Crippen LogP contribution in [0.3, 0.4) is 0 Å². The Balaban J connectivity index is 2.41. The van der Waals surface area contributed by atoms with Gasteiger partial charge in [0.05, 0.1) is 0 Å². The highest BCUT2D eigenvalue weighted by molar-refractivity contribution is 8.02. The van der Waals surface area contributed by atoms with Crippen molar-refractivity contribution in [2.24, 2.45) is 0 Å². The van der Waals surface area contributed by atoms with Crippen molar-refractivity contribution in [1.82, 2.24) is 0 Å². The molecular weight excluding hydrogens is 186 g/mol. The maximum absolute atomic E-state index is 5.64. The minimum absolute atomic E-state index is 0.851. The van der Waals surface area contributed by atoms with Gasteiger partial charge < -0.3 is 5.73 Å². The lowest BCUT2D eigenvalue weighted by molar-refractivity contribution is 1.44.